The summed E-state index contributed by atoms with van der Waals surface area (Å²) in [7, 11) is 2.63. The molecule has 2 atom stereocenters. The van der Waals surface area contributed by atoms with Crippen molar-refractivity contribution in [3.05, 3.63) is 35.4 Å². The van der Waals surface area contributed by atoms with Crippen molar-refractivity contribution in [2.75, 3.05) is 20.8 Å². The number of nitrogens with zero attached hydrogens (tertiary/aromatic N) is 1. The normalized spacial score (nSPS) is 22.9. The van der Waals surface area contributed by atoms with Gasteiger partial charge in [0, 0.05) is 13.0 Å². The van der Waals surface area contributed by atoms with Gasteiger partial charge in [-0.05, 0) is 17.5 Å². The lowest BCUT2D eigenvalue weighted by atomic mass is 9.65. The second-order valence-corrected chi connectivity index (χ2v) is 7.34. The molecular weight excluding hydrogens is 346 g/mol. The van der Waals surface area contributed by atoms with Gasteiger partial charge in [0.1, 0.15) is 6.10 Å². The molecule has 0 N–H and O–H groups in total. The van der Waals surface area contributed by atoms with E-state index in [9.17, 15) is 9.59 Å². The molecule has 1 aromatic rings. The summed E-state index contributed by atoms with van der Waals surface area (Å²) in [5, 5.41) is 1.82. The SMILES string of the molecule is CCCCCCCN1OC2CC(C(=O)OC)(C(=O)OC)C1c1ccccc12. The Kier molecular flexibility index (Phi) is 6.17. The van der Waals surface area contributed by atoms with E-state index in [4.69, 9.17) is 14.3 Å². The van der Waals surface area contributed by atoms with E-state index in [1.807, 2.05) is 29.3 Å². The molecule has 0 radical (unpaired) electrons. The van der Waals surface area contributed by atoms with Crippen molar-refractivity contribution in [2.24, 2.45) is 5.41 Å². The summed E-state index contributed by atoms with van der Waals surface area (Å²) < 4.78 is 10.1. The standard InChI is InChI=1S/C21H29NO5/c1-4-5-6-7-10-13-22-18-16-12-9-8-11-15(16)17(27-22)14-21(18,19(23)25-2)20(24)26-3/h8-9,11-12,17-18H,4-7,10,13-14H2,1-3H3. The molecule has 1 fully saturated rings. The van der Waals surface area contributed by atoms with Crippen LogP contribution in [0.15, 0.2) is 24.3 Å². The van der Waals surface area contributed by atoms with Gasteiger partial charge in [0.2, 0.25) is 0 Å². The van der Waals surface area contributed by atoms with Crippen LogP contribution >= 0.6 is 0 Å². The summed E-state index contributed by atoms with van der Waals surface area (Å²) in [6.45, 7) is 2.85. The van der Waals surface area contributed by atoms with E-state index in [1.165, 1.54) is 33.5 Å². The highest BCUT2D eigenvalue weighted by Gasteiger charge is 2.65. The average molecular weight is 375 g/mol. The molecule has 148 valence electrons. The minimum Gasteiger partial charge on any atom is -0.468 e. The van der Waals surface area contributed by atoms with Crippen molar-refractivity contribution in [3.63, 3.8) is 0 Å². The number of esters is 2. The number of hydrogen-bond donors (Lipinski definition) is 0. The number of carbonyl (C=O) groups excluding carboxylic acids is 2. The molecule has 1 saturated heterocycles. The molecule has 2 aliphatic heterocycles. The van der Waals surface area contributed by atoms with Crippen LogP contribution in [0.2, 0.25) is 0 Å². The highest BCUT2D eigenvalue weighted by Crippen LogP contribution is 2.58. The van der Waals surface area contributed by atoms with Crippen LogP contribution in [0.4, 0.5) is 0 Å². The molecule has 3 aliphatic rings. The van der Waals surface area contributed by atoms with Crippen LogP contribution in [0.3, 0.4) is 0 Å². The minimum absolute atomic E-state index is 0.236. The van der Waals surface area contributed by atoms with Crippen molar-refractivity contribution in [1.29, 1.82) is 0 Å². The highest BCUT2D eigenvalue weighted by atomic mass is 16.7. The van der Waals surface area contributed by atoms with Gasteiger partial charge >= 0.3 is 11.9 Å². The van der Waals surface area contributed by atoms with Gasteiger partial charge in [-0.2, -0.15) is 5.06 Å². The maximum Gasteiger partial charge on any atom is 0.325 e. The molecule has 1 aliphatic carbocycles. The Labute approximate surface area is 160 Å². The van der Waals surface area contributed by atoms with Gasteiger partial charge in [-0.3, -0.25) is 14.4 Å². The van der Waals surface area contributed by atoms with Gasteiger partial charge in [-0.1, -0.05) is 56.9 Å². The summed E-state index contributed by atoms with van der Waals surface area (Å²) >= 11 is 0. The van der Waals surface area contributed by atoms with E-state index in [1.54, 1.807) is 0 Å². The summed E-state index contributed by atoms with van der Waals surface area (Å²) in [6, 6.07) is 7.32. The lowest BCUT2D eigenvalue weighted by Crippen LogP contribution is -2.59. The van der Waals surface area contributed by atoms with Crippen LogP contribution in [0, 0.1) is 5.41 Å². The Balaban J connectivity index is 1.94. The zero-order valence-electron chi connectivity index (χ0n) is 16.4. The molecule has 2 bridgehead atoms. The molecule has 0 aromatic heterocycles. The van der Waals surface area contributed by atoms with Crippen molar-refractivity contribution in [2.45, 2.75) is 57.6 Å². The van der Waals surface area contributed by atoms with E-state index >= 15 is 0 Å². The second-order valence-electron chi connectivity index (χ2n) is 7.34. The van der Waals surface area contributed by atoms with Crippen LogP contribution in [0.1, 0.15) is 68.7 Å². The van der Waals surface area contributed by atoms with Crippen molar-refractivity contribution < 1.29 is 23.9 Å². The summed E-state index contributed by atoms with van der Waals surface area (Å²) in [6.07, 6.45) is 5.49. The molecule has 2 unspecified atom stereocenters. The fourth-order valence-corrected chi connectivity index (χ4v) is 4.44. The van der Waals surface area contributed by atoms with E-state index in [-0.39, 0.29) is 12.5 Å². The Morgan fingerprint density at radius 2 is 1.70 bits per heavy atom. The highest BCUT2D eigenvalue weighted by molar-refractivity contribution is 6.01. The number of ether oxygens (including phenoxy) is 2. The van der Waals surface area contributed by atoms with Gasteiger partial charge in [0.05, 0.1) is 20.3 Å². The first-order chi connectivity index (χ1) is 13.1. The van der Waals surface area contributed by atoms with Crippen LogP contribution in [0.25, 0.3) is 0 Å². The third-order valence-electron chi connectivity index (χ3n) is 5.74. The molecule has 0 amide bonds. The van der Waals surface area contributed by atoms with E-state index < -0.39 is 23.4 Å². The fraction of sp³-hybridized carbons (Fsp3) is 0.619. The minimum atomic E-state index is -1.40. The van der Waals surface area contributed by atoms with Crippen molar-refractivity contribution in [1.82, 2.24) is 5.06 Å². The van der Waals surface area contributed by atoms with Crippen LogP contribution in [-0.2, 0) is 23.9 Å². The number of rotatable bonds is 8. The molecular formula is C21H29NO5. The monoisotopic (exact) mass is 375 g/mol. The predicted octanol–water partition coefficient (Wildman–Crippen LogP) is 3.72. The first kappa shape index (κ1) is 19.8. The third kappa shape index (κ3) is 3.36. The summed E-state index contributed by atoms with van der Waals surface area (Å²) in [5.41, 5.74) is 0.585. The molecule has 6 nitrogen and oxygen atoms in total. The maximum atomic E-state index is 12.8. The van der Waals surface area contributed by atoms with E-state index in [0.717, 1.165) is 24.0 Å². The number of hydroxylamine groups is 2. The van der Waals surface area contributed by atoms with Crippen molar-refractivity contribution in [3.8, 4) is 0 Å². The van der Waals surface area contributed by atoms with Gasteiger partial charge < -0.3 is 9.47 Å². The molecule has 0 saturated carbocycles. The lowest BCUT2D eigenvalue weighted by Gasteiger charge is -2.53. The Hall–Kier alpha value is -1.92. The number of methoxy groups -OCH3 is 2. The van der Waals surface area contributed by atoms with Gasteiger partial charge in [-0.25, -0.2) is 0 Å². The Bertz CT molecular complexity index is 673. The van der Waals surface area contributed by atoms with Crippen LogP contribution in [0.5, 0.6) is 0 Å². The van der Waals surface area contributed by atoms with Gasteiger partial charge in [-0.15, -0.1) is 0 Å². The van der Waals surface area contributed by atoms with Crippen LogP contribution in [-0.4, -0.2) is 37.8 Å². The molecule has 27 heavy (non-hydrogen) atoms. The second kappa shape index (κ2) is 8.40. The number of unbranched alkanes of at least 4 members (excludes halogenated alkanes) is 4. The smallest absolute Gasteiger partial charge is 0.325 e. The average Bonchev–Trinajstić information content (AvgIpc) is 2.72. The van der Waals surface area contributed by atoms with Crippen molar-refractivity contribution >= 4 is 11.9 Å². The number of carbonyl (C=O) groups is 2. The lowest BCUT2D eigenvalue weighted by molar-refractivity contribution is -0.300. The summed E-state index contributed by atoms with van der Waals surface area (Å²) in [4.78, 5) is 31.9. The summed E-state index contributed by atoms with van der Waals surface area (Å²) in [5.74, 6) is -1.11. The zero-order chi connectivity index (χ0) is 19.4. The maximum absolute atomic E-state index is 12.8. The van der Waals surface area contributed by atoms with E-state index in [0.29, 0.717) is 6.54 Å². The first-order valence-electron chi connectivity index (χ1n) is 9.79. The van der Waals surface area contributed by atoms with E-state index in [2.05, 4.69) is 6.92 Å². The first-order valence-corrected chi connectivity index (χ1v) is 9.79. The molecule has 6 heteroatoms. The number of hydrogen-bond acceptors (Lipinski definition) is 6. The van der Waals surface area contributed by atoms with Crippen LogP contribution < -0.4 is 0 Å². The Morgan fingerprint density at radius 3 is 2.33 bits per heavy atom. The molecule has 4 rings (SSSR count). The molecule has 2 heterocycles. The fourth-order valence-electron chi connectivity index (χ4n) is 4.44. The Morgan fingerprint density at radius 1 is 1.07 bits per heavy atom. The van der Waals surface area contributed by atoms with Gasteiger partial charge in [0.15, 0.2) is 5.41 Å². The number of fused-ring (bicyclic) bond motifs is 2. The largest absolute Gasteiger partial charge is 0.468 e. The third-order valence-corrected chi connectivity index (χ3v) is 5.74. The molecule has 1 aromatic carbocycles. The zero-order valence-corrected chi connectivity index (χ0v) is 16.4. The predicted molar refractivity (Wildman–Crippen MR) is 99.6 cm³/mol. The number of benzene rings is 1. The molecule has 0 spiro atoms. The quantitative estimate of drug-likeness (QED) is 0.392. The topological polar surface area (TPSA) is 65.1 Å². The van der Waals surface area contributed by atoms with Gasteiger partial charge in [0.25, 0.3) is 0 Å².